The molecule has 1 unspecified atom stereocenters. The monoisotopic (exact) mass is 175 g/mol. The van der Waals surface area contributed by atoms with Gasteiger partial charge in [0.2, 0.25) is 0 Å². The van der Waals surface area contributed by atoms with Gasteiger partial charge in [-0.2, -0.15) is 0 Å². The molecule has 1 aromatic heterocycles. The van der Waals surface area contributed by atoms with Crippen LogP contribution in [-0.4, -0.2) is 5.16 Å². The van der Waals surface area contributed by atoms with E-state index in [1.54, 1.807) is 12.5 Å². The standard InChI is InChI=1S/C5H6BrNO/c1-4(6)5-2-7-8-3-5/h2-4H,1H3. The number of rotatable bonds is 1. The minimum atomic E-state index is 0.341. The summed E-state index contributed by atoms with van der Waals surface area (Å²) in [5, 5.41) is 3.54. The third-order valence-corrected chi connectivity index (χ3v) is 1.44. The van der Waals surface area contributed by atoms with Crippen molar-refractivity contribution in [1.29, 1.82) is 0 Å². The average Bonchev–Trinajstić information content (AvgIpc) is 2.12. The molecular formula is C5H6BrNO. The summed E-state index contributed by atoms with van der Waals surface area (Å²) in [5.74, 6) is 0. The van der Waals surface area contributed by atoms with Crippen molar-refractivity contribution < 1.29 is 4.52 Å². The third-order valence-electron chi connectivity index (χ3n) is 0.911. The van der Waals surface area contributed by atoms with Crippen LogP contribution in [0.5, 0.6) is 0 Å². The smallest absolute Gasteiger partial charge is 0.128 e. The van der Waals surface area contributed by atoms with Crippen LogP contribution < -0.4 is 0 Å². The molecule has 1 heterocycles. The predicted molar refractivity (Wildman–Crippen MR) is 33.8 cm³/mol. The lowest BCUT2D eigenvalue weighted by molar-refractivity contribution is 0.419. The highest BCUT2D eigenvalue weighted by Crippen LogP contribution is 2.19. The van der Waals surface area contributed by atoms with Crippen LogP contribution in [0.25, 0.3) is 0 Å². The molecule has 0 spiro atoms. The third kappa shape index (κ3) is 1.10. The van der Waals surface area contributed by atoms with E-state index in [0.717, 1.165) is 5.56 Å². The van der Waals surface area contributed by atoms with Crippen molar-refractivity contribution in [3.63, 3.8) is 0 Å². The van der Waals surface area contributed by atoms with E-state index in [2.05, 4.69) is 25.6 Å². The van der Waals surface area contributed by atoms with Crippen LogP contribution in [0, 0.1) is 0 Å². The molecule has 0 aliphatic heterocycles. The number of halogens is 1. The summed E-state index contributed by atoms with van der Waals surface area (Å²) in [6.07, 6.45) is 3.32. The molecule has 0 radical (unpaired) electrons. The normalized spacial score (nSPS) is 13.8. The molecule has 1 rings (SSSR count). The Morgan fingerprint density at radius 1 is 1.88 bits per heavy atom. The van der Waals surface area contributed by atoms with E-state index in [-0.39, 0.29) is 0 Å². The van der Waals surface area contributed by atoms with Crippen LogP contribution in [0.3, 0.4) is 0 Å². The molecule has 0 bridgehead atoms. The van der Waals surface area contributed by atoms with Crippen molar-refractivity contribution in [3.8, 4) is 0 Å². The predicted octanol–water partition coefficient (Wildman–Crippen LogP) is 2.13. The van der Waals surface area contributed by atoms with E-state index in [0.29, 0.717) is 4.83 Å². The van der Waals surface area contributed by atoms with E-state index in [1.807, 2.05) is 6.92 Å². The van der Waals surface area contributed by atoms with Crippen LogP contribution >= 0.6 is 15.9 Å². The van der Waals surface area contributed by atoms with Crippen molar-refractivity contribution in [2.45, 2.75) is 11.8 Å². The summed E-state index contributed by atoms with van der Waals surface area (Å²) in [6.45, 7) is 2.02. The van der Waals surface area contributed by atoms with Gasteiger partial charge in [0.1, 0.15) is 6.26 Å². The van der Waals surface area contributed by atoms with Crippen LogP contribution in [0.1, 0.15) is 17.3 Å². The molecule has 0 aliphatic carbocycles. The van der Waals surface area contributed by atoms with Gasteiger partial charge in [0.15, 0.2) is 0 Å². The average molecular weight is 176 g/mol. The van der Waals surface area contributed by atoms with E-state index >= 15 is 0 Å². The lowest BCUT2D eigenvalue weighted by Gasteiger charge is -1.90. The molecule has 3 heteroatoms. The summed E-state index contributed by atoms with van der Waals surface area (Å²) in [7, 11) is 0. The molecule has 0 saturated heterocycles. The Hall–Kier alpha value is -0.310. The minimum Gasteiger partial charge on any atom is -0.364 e. The highest BCUT2D eigenvalue weighted by molar-refractivity contribution is 9.09. The van der Waals surface area contributed by atoms with Gasteiger partial charge in [0, 0.05) is 10.4 Å². The molecule has 8 heavy (non-hydrogen) atoms. The molecule has 0 aliphatic rings. The number of nitrogens with zero attached hydrogens (tertiary/aromatic N) is 1. The molecule has 1 atom stereocenters. The summed E-state index contributed by atoms with van der Waals surface area (Å²) >= 11 is 3.36. The van der Waals surface area contributed by atoms with Gasteiger partial charge in [-0.1, -0.05) is 21.1 Å². The fourth-order valence-corrected chi connectivity index (χ4v) is 0.636. The van der Waals surface area contributed by atoms with Gasteiger partial charge in [-0.25, -0.2) is 0 Å². The Balaban J connectivity index is 2.77. The van der Waals surface area contributed by atoms with Crippen LogP contribution in [-0.2, 0) is 0 Å². The number of hydrogen-bond donors (Lipinski definition) is 0. The van der Waals surface area contributed by atoms with Gasteiger partial charge in [-0.05, 0) is 6.92 Å². The zero-order valence-corrected chi connectivity index (χ0v) is 6.05. The highest BCUT2D eigenvalue weighted by Gasteiger charge is 2.00. The zero-order valence-electron chi connectivity index (χ0n) is 4.47. The van der Waals surface area contributed by atoms with E-state index in [1.165, 1.54) is 0 Å². The fourth-order valence-electron chi connectivity index (χ4n) is 0.409. The Kier molecular flexibility index (Phi) is 1.68. The van der Waals surface area contributed by atoms with Crippen molar-refractivity contribution in [2.75, 3.05) is 0 Å². The summed E-state index contributed by atoms with van der Waals surface area (Å²) in [4.78, 5) is 0.341. The molecule has 44 valence electrons. The van der Waals surface area contributed by atoms with Crippen molar-refractivity contribution in [3.05, 3.63) is 18.0 Å². The SMILES string of the molecule is CC(Br)c1cnoc1. The maximum atomic E-state index is 4.60. The van der Waals surface area contributed by atoms with Crippen LogP contribution in [0.4, 0.5) is 0 Å². The summed E-state index contributed by atoms with van der Waals surface area (Å²) in [5.41, 5.74) is 1.07. The van der Waals surface area contributed by atoms with Gasteiger partial charge in [-0.15, -0.1) is 0 Å². The maximum absolute atomic E-state index is 4.60. The second kappa shape index (κ2) is 2.31. The maximum Gasteiger partial charge on any atom is 0.128 e. The number of aromatic nitrogens is 1. The largest absolute Gasteiger partial charge is 0.364 e. The molecule has 0 N–H and O–H groups in total. The van der Waals surface area contributed by atoms with Crippen LogP contribution in [0.2, 0.25) is 0 Å². The molecule has 0 aromatic carbocycles. The van der Waals surface area contributed by atoms with Gasteiger partial charge in [0.05, 0.1) is 6.20 Å². The van der Waals surface area contributed by atoms with Gasteiger partial charge in [-0.3, -0.25) is 0 Å². The minimum absolute atomic E-state index is 0.341. The molecule has 1 aromatic rings. The Morgan fingerprint density at radius 2 is 2.62 bits per heavy atom. The topological polar surface area (TPSA) is 26.0 Å². The number of alkyl halides is 1. The second-order valence-corrected chi connectivity index (χ2v) is 2.95. The first-order valence-electron chi connectivity index (χ1n) is 2.34. The lowest BCUT2D eigenvalue weighted by atomic mass is 10.3. The molecule has 0 amide bonds. The molecule has 0 saturated carbocycles. The van der Waals surface area contributed by atoms with Gasteiger partial charge < -0.3 is 4.52 Å². The lowest BCUT2D eigenvalue weighted by Crippen LogP contribution is -1.74. The molecular weight excluding hydrogens is 170 g/mol. The van der Waals surface area contributed by atoms with E-state index in [9.17, 15) is 0 Å². The first-order chi connectivity index (χ1) is 3.80. The van der Waals surface area contributed by atoms with E-state index in [4.69, 9.17) is 0 Å². The number of hydrogen-bond acceptors (Lipinski definition) is 2. The first-order valence-corrected chi connectivity index (χ1v) is 3.25. The van der Waals surface area contributed by atoms with Crippen molar-refractivity contribution >= 4 is 15.9 Å². The van der Waals surface area contributed by atoms with E-state index < -0.39 is 0 Å². The van der Waals surface area contributed by atoms with Gasteiger partial charge >= 0.3 is 0 Å². The Morgan fingerprint density at radius 3 is 2.88 bits per heavy atom. The quantitative estimate of drug-likeness (QED) is 0.612. The second-order valence-electron chi connectivity index (χ2n) is 1.57. The zero-order chi connectivity index (χ0) is 5.98. The van der Waals surface area contributed by atoms with Gasteiger partial charge in [0.25, 0.3) is 0 Å². The van der Waals surface area contributed by atoms with Crippen LogP contribution in [0.15, 0.2) is 17.0 Å². The molecule has 0 fully saturated rings. The van der Waals surface area contributed by atoms with Crippen molar-refractivity contribution in [2.24, 2.45) is 0 Å². The van der Waals surface area contributed by atoms with Crippen molar-refractivity contribution in [1.82, 2.24) is 5.16 Å². The molecule has 2 nitrogen and oxygen atoms in total. The fraction of sp³-hybridized carbons (Fsp3) is 0.400. The Labute approximate surface area is 56.0 Å². The Bertz CT molecular complexity index is 147. The highest BCUT2D eigenvalue weighted by atomic mass is 79.9. The summed E-state index contributed by atoms with van der Waals surface area (Å²) in [6, 6.07) is 0. The summed E-state index contributed by atoms with van der Waals surface area (Å²) < 4.78 is 4.60. The first kappa shape index (κ1) is 5.82.